The van der Waals surface area contributed by atoms with Crippen molar-refractivity contribution in [2.24, 2.45) is 12.0 Å². The highest BCUT2D eigenvalue weighted by atomic mass is 127. The zero-order valence-electron chi connectivity index (χ0n) is 14.3. The van der Waals surface area contributed by atoms with Gasteiger partial charge in [-0.15, -0.1) is 34.2 Å². The third kappa shape index (κ3) is 5.30. The van der Waals surface area contributed by atoms with Crippen molar-refractivity contribution in [1.82, 2.24) is 25.4 Å². The number of hydrogen-bond donors (Lipinski definition) is 2. The molecule has 0 amide bonds. The van der Waals surface area contributed by atoms with Crippen molar-refractivity contribution in [3.8, 4) is 0 Å². The second-order valence-corrected chi connectivity index (χ2v) is 6.75. The largest absolute Gasteiger partial charge is 0.369 e. The van der Waals surface area contributed by atoms with E-state index < -0.39 is 0 Å². The molecule has 1 unspecified atom stereocenters. The molecule has 3 rings (SSSR count). The number of nitrogens with zero attached hydrogens (tertiary/aromatic N) is 5. The molecule has 0 bridgehead atoms. The zero-order chi connectivity index (χ0) is 16.9. The molecular weight excluding hydrogens is 497 g/mol. The van der Waals surface area contributed by atoms with Crippen LogP contribution >= 0.6 is 39.9 Å². The summed E-state index contributed by atoms with van der Waals surface area (Å²) in [7, 11) is 3.72. The Labute approximate surface area is 173 Å². The van der Waals surface area contributed by atoms with E-state index >= 15 is 0 Å². The molecule has 1 fully saturated rings. The lowest BCUT2D eigenvalue weighted by Crippen LogP contribution is -2.44. The third-order valence-corrected chi connectivity index (χ3v) is 4.69. The number of hydrogen-bond acceptors (Lipinski definition) is 4. The molecule has 2 aromatic rings. The number of aromatic nitrogens is 3. The van der Waals surface area contributed by atoms with E-state index in [1.54, 1.807) is 13.4 Å². The first-order chi connectivity index (χ1) is 11.7. The number of aryl methyl sites for hydroxylation is 1. The minimum absolute atomic E-state index is 0. The van der Waals surface area contributed by atoms with Crippen molar-refractivity contribution in [3.05, 3.63) is 40.9 Å². The molecule has 1 aromatic carbocycles. The Kier molecular flexibility index (Phi) is 7.48. The fourth-order valence-electron chi connectivity index (χ4n) is 2.78. The smallest absolute Gasteiger partial charge is 0.191 e. The van der Waals surface area contributed by atoms with Gasteiger partial charge in [-0.3, -0.25) is 4.99 Å². The van der Waals surface area contributed by atoms with Crippen LogP contribution in [0, 0.1) is 0 Å². The minimum Gasteiger partial charge on any atom is -0.369 e. The second-order valence-electron chi connectivity index (χ2n) is 5.84. The fourth-order valence-corrected chi connectivity index (χ4v) is 3.05. The SMILES string of the molecule is CN=C(NCc1nncn1C)NC1CCN(c2ccc(Br)cc2)C1.I. The van der Waals surface area contributed by atoms with Gasteiger partial charge in [-0.05, 0) is 30.7 Å². The molecule has 1 aliphatic heterocycles. The summed E-state index contributed by atoms with van der Waals surface area (Å²) < 4.78 is 3.00. The minimum atomic E-state index is 0. The average Bonchev–Trinajstić information content (AvgIpc) is 3.21. The summed E-state index contributed by atoms with van der Waals surface area (Å²) in [6.45, 7) is 2.60. The van der Waals surface area contributed by atoms with Crippen LogP contribution in [0.25, 0.3) is 0 Å². The molecule has 1 saturated heterocycles. The maximum Gasteiger partial charge on any atom is 0.191 e. The number of nitrogens with one attached hydrogen (secondary N) is 2. The van der Waals surface area contributed by atoms with E-state index in [-0.39, 0.29) is 24.0 Å². The van der Waals surface area contributed by atoms with Gasteiger partial charge < -0.3 is 20.1 Å². The summed E-state index contributed by atoms with van der Waals surface area (Å²) in [5, 5.41) is 14.7. The van der Waals surface area contributed by atoms with Crippen molar-refractivity contribution in [2.45, 2.75) is 19.0 Å². The molecule has 1 atom stereocenters. The van der Waals surface area contributed by atoms with Crippen LogP contribution in [0.15, 0.2) is 40.1 Å². The zero-order valence-corrected chi connectivity index (χ0v) is 18.2. The Balaban J connectivity index is 0.00000225. The lowest BCUT2D eigenvalue weighted by Gasteiger charge is -2.20. The summed E-state index contributed by atoms with van der Waals surface area (Å²) in [6, 6.07) is 8.83. The Morgan fingerprint density at radius 2 is 2.12 bits per heavy atom. The molecule has 0 saturated carbocycles. The summed E-state index contributed by atoms with van der Waals surface area (Å²) in [5.74, 6) is 1.67. The molecule has 7 nitrogen and oxygen atoms in total. The number of aliphatic imine (C=N–C) groups is 1. The second kappa shape index (κ2) is 9.37. The molecular formula is C16H23BrIN7. The van der Waals surface area contributed by atoms with Crippen LogP contribution in [0.4, 0.5) is 5.69 Å². The Hall–Kier alpha value is -1.36. The van der Waals surface area contributed by atoms with Gasteiger partial charge in [0.15, 0.2) is 11.8 Å². The van der Waals surface area contributed by atoms with Gasteiger partial charge in [-0.2, -0.15) is 0 Å². The van der Waals surface area contributed by atoms with Crippen molar-refractivity contribution in [1.29, 1.82) is 0 Å². The van der Waals surface area contributed by atoms with Crippen LogP contribution in [0.5, 0.6) is 0 Å². The lowest BCUT2D eigenvalue weighted by atomic mass is 10.3. The normalized spacial score (nSPS) is 17.3. The van der Waals surface area contributed by atoms with Gasteiger partial charge in [0.2, 0.25) is 0 Å². The maximum atomic E-state index is 4.30. The van der Waals surface area contributed by atoms with E-state index in [0.29, 0.717) is 12.6 Å². The van der Waals surface area contributed by atoms with Gasteiger partial charge >= 0.3 is 0 Å². The molecule has 2 N–H and O–H groups in total. The Bertz CT molecular complexity index is 701. The van der Waals surface area contributed by atoms with Gasteiger partial charge in [-0.25, -0.2) is 0 Å². The number of guanidine groups is 1. The fraction of sp³-hybridized carbons (Fsp3) is 0.438. The molecule has 9 heteroatoms. The van der Waals surface area contributed by atoms with Crippen LogP contribution in [0.2, 0.25) is 0 Å². The maximum absolute atomic E-state index is 4.30. The summed E-state index contributed by atoms with van der Waals surface area (Å²) >= 11 is 3.48. The summed E-state index contributed by atoms with van der Waals surface area (Å²) in [5.41, 5.74) is 1.25. The molecule has 136 valence electrons. The molecule has 25 heavy (non-hydrogen) atoms. The van der Waals surface area contributed by atoms with Crippen LogP contribution in [-0.2, 0) is 13.6 Å². The number of benzene rings is 1. The van der Waals surface area contributed by atoms with Crippen LogP contribution in [-0.4, -0.2) is 46.9 Å². The van der Waals surface area contributed by atoms with Crippen LogP contribution in [0.3, 0.4) is 0 Å². The molecule has 1 aliphatic rings. The van der Waals surface area contributed by atoms with Gasteiger partial charge in [0.05, 0.1) is 6.54 Å². The van der Waals surface area contributed by atoms with E-state index in [1.807, 2.05) is 11.6 Å². The Morgan fingerprint density at radius 1 is 1.36 bits per heavy atom. The van der Waals surface area contributed by atoms with E-state index in [1.165, 1.54) is 5.69 Å². The first-order valence-electron chi connectivity index (χ1n) is 7.96. The monoisotopic (exact) mass is 519 g/mol. The molecule has 0 spiro atoms. The number of anilines is 1. The standard InChI is InChI=1S/C16H22BrN7.HI/c1-18-16(19-9-15-22-20-11-23(15)2)21-13-7-8-24(10-13)14-5-3-12(17)4-6-14;/h3-6,11,13H,7-10H2,1-2H3,(H2,18,19,21);1H. The highest BCUT2D eigenvalue weighted by Crippen LogP contribution is 2.22. The van der Waals surface area contributed by atoms with Crippen LogP contribution in [0.1, 0.15) is 12.2 Å². The number of halogens is 2. The summed E-state index contributed by atoms with van der Waals surface area (Å²) in [6.07, 6.45) is 2.78. The van der Waals surface area contributed by atoms with Crippen molar-refractivity contribution >= 4 is 51.6 Å². The first-order valence-corrected chi connectivity index (χ1v) is 8.75. The molecule has 0 aliphatic carbocycles. The van der Waals surface area contributed by atoms with Crippen LogP contribution < -0.4 is 15.5 Å². The topological polar surface area (TPSA) is 70.4 Å². The predicted octanol–water partition coefficient (Wildman–Crippen LogP) is 2.14. The molecule has 2 heterocycles. The Morgan fingerprint density at radius 3 is 2.76 bits per heavy atom. The third-order valence-electron chi connectivity index (χ3n) is 4.16. The highest BCUT2D eigenvalue weighted by Gasteiger charge is 2.23. The van der Waals surface area contributed by atoms with Gasteiger partial charge in [-0.1, -0.05) is 15.9 Å². The highest BCUT2D eigenvalue weighted by molar-refractivity contribution is 14.0. The van der Waals surface area contributed by atoms with E-state index in [2.05, 4.69) is 70.9 Å². The van der Waals surface area contributed by atoms with Gasteiger partial charge in [0, 0.05) is 43.4 Å². The van der Waals surface area contributed by atoms with Crippen molar-refractivity contribution in [3.63, 3.8) is 0 Å². The van der Waals surface area contributed by atoms with E-state index in [4.69, 9.17) is 0 Å². The molecule has 0 radical (unpaired) electrons. The van der Waals surface area contributed by atoms with E-state index in [9.17, 15) is 0 Å². The van der Waals surface area contributed by atoms with Crippen molar-refractivity contribution < 1.29 is 0 Å². The van der Waals surface area contributed by atoms with E-state index in [0.717, 1.165) is 35.8 Å². The van der Waals surface area contributed by atoms with Gasteiger partial charge in [0.25, 0.3) is 0 Å². The van der Waals surface area contributed by atoms with Gasteiger partial charge in [0.1, 0.15) is 6.33 Å². The summed E-state index contributed by atoms with van der Waals surface area (Å²) in [4.78, 5) is 6.69. The average molecular weight is 520 g/mol. The predicted molar refractivity (Wildman–Crippen MR) is 115 cm³/mol. The van der Waals surface area contributed by atoms with Crippen molar-refractivity contribution in [2.75, 3.05) is 25.0 Å². The molecule has 1 aromatic heterocycles. The first kappa shape index (κ1) is 20.0. The number of rotatable bonds is 4. The quantitative estimate of drug-likeness (QED) is 0.368. The lowest BCUT2D eigenvalue weighted by molar-refractivity contribution is 0.640.